The van der Waals surface area contributed by atoms with Crippen LogP contribution in [0.2, 0.25) is 0 Å². The summed E-state index contributed by atoms with van der Waals surface area (Å²) in [6, 6.07) is 5.24. The molecule has 0 bridgehead atoms. The molecule has 2 amide bonds. The standard InChI is InChI=1S/C13H18N4O2/c18-12(17-10-4-3-6-14-8-10)9-16-13(19)11-5-1-2-7-15-11/h1-2,5,7,10,14H,3-4,6,8-9H2,(H,16,19)(H,17,18). The highest BCUT2D eigenvalue weighted by Gasteiger charge is 2.15. The lowest BCUT2D eigenvalue weighted by molar-refractivity contribution is -0.120. The van der Waals surface area contributed by atoms with E-state index in [4.69, 9.17) is 0 Å². The molecule has 0 saturated carbocycles. The summed E-state index contributed by atoms with van der Waals surface area (Å²) in [6.45, 7) is 1.77. The van der Waals surface area contributed by atoms with E-state index in [1.807, 2.05) is 0 Å². The smallest absolute Gasteiger partial charge is 0.270 e. The van der Waals surface area contributed by atoms with Crippen LogP contribution < -0.4 is 16.0 Å². The van der Waals surface area contributed by atoms with Crippen LogP contribution in [0.1, 0.15) is 23.3 Å². The highest BCUT2D eigenvalue weighted by molar-refractivity contribution is 5.94. The van der Waals surface area contributed by atoms with Gasteiger partial charge in [0.05, 0.1) is 6.54 Å². The van der Waals surface area contributed by atoms with E-state index in [0.29, 0.717) is 5.69 Å². The molecule has 0 aromatic carbocycles. The van der Waals surface area contributed by atoms with Crippen LogP contribution in [-0.4, -0.2) is 42.5 Å². The summed E-state index contributed by atoms with van der Waals surface area (Å²) in [6.07, 6.45) is 3.58. The number of hydrogen-bond acceptors (Lipinski definition) is 4. The summed E-state index contributed by atoms with van der Waals surface area (Å²) in [5, 5.41) is 8.66. The molecular weight excluding hydrogens is 244 g/mol. The van der Waals surface area contributed by atoms with E-state index >= 15 is 0 Å². The number of carbonyl (C=O) groups is 2. The molecule has 19 heavy (non-hydrogen) atoms. The predicted octanol–water partition coefficient (Wildman–Crippen LogP) is -0.320. The summed E-state index contributed by atoms with van der Waals surface area (Å²) >= 11 is 0. The summed E-state index contributed by atoms with van der Waals surface area (Å²) in [5.41, 5.74) is 0.314. The molecule has 0 spiro atoms. The minimum atomic E-state index is -0.336. The second-order valence-corrected chi connectivity index (χ2v) is 4.51. The highest BCUT2D eigenvalue weighted by atomic mass is 16.2. The van der Waals surface area contributed by atoms with Crippen LogP contribution in [0.4, 0.5) is 0 Å². The Hall–Kier alpha value is -1.95. The van der Waals surface area contributed by atoms with Crippen LogP contribution in [0.5, 0.6) is 0 Å². The van der Waals surface area contributed by atoms with Crippen molar-refractivity contribution in [3.63, 3.8) is 0 Å². The molecule has 1 atom stereocenters. The zero-order chi connectivity index (χ0) is 13.5. The van der Waals surface area contributed by atoms with Crippen LogP contribution in [0.25, 0.3) is 0 Å². The van der Waals surface area contributed by atoms with Crippen molar-refractivity contribution in [2.45, 2.75) is 18.9 Å². The molecule has 1 saturated heterocycles. The van der Waals surface area contributed by atoms with Crippen LogP contribution in [0.3, 0.4) is 0 Å². The summed E-state index contributed by atoms with van der Waals surface area (Å²) in [5.74, 6) is -0.504. The number of nitrogens with zero attached hydrogens (tertiary/aromatic N) is 1. The Morgan fingerprint density at radius 1 is 1.42 bits per heavy atom. The Bertz CT molecular complexity index is 430. The van der Waals surface area contributed by atoms with Gasteiger partial charge < -0.3 is 16.0 Å². The Morgan fingerprint density at radius 2 is 2.32 bits per heavy atom. The van der Waals surface area contributed by atoms with E-state index in [-0.39, 0.29) is 24.4 Å². The first-order chi connectivity index (χ1) is 9.25. The topological polar surface area (TPSA) is 83.1 Å². The first-order valence-corrected chi connectivity index (χ1v) is 6.45. The van der Waals surface area contributed by atoms with E-state index in [2.05, 4.69) is 20.9 Å². The lowest BCUT2D eigenvalue weighted by Gasteiger charge is -2.23. The third-order valence-electron chi connectivity index (χ3n) is 2.97. The molecule has 102 valence electrons. The fourth-order valence-corrected chi connectivity index (χ4v) is 2.00. The fraction of sp³-hybridized carbons (Fsp3) is 0.462. The second kappa shape index (κ2) is 6.84. The molecule has 2 heterocycles. The van der Waals surface area contributed by atoms with Gasteiger partial charge in [-0.1, -0.05) is 6.07 Å². The first kappa shape index (κ1) is 13.5. The predicted molar refractivity (Wildman–Crippen MR) is 70.6 cm³/mol. The number of rotatable bonds is 4. The maximum atomic E-state index is 11.7. The van der Waals surface area contributed by atoms with Gasteiger partial charge in [0.15, 0.2) is 0 Å². The molecule has 2 rings (SSSR count). The third kappa shape index (κ3) is 4.33. The third-order valence-corrected chi connectivity index (χ3v) is 2.97. The van der Waals surface area contributed by atoms with Gasteiger partial charge in [0.25, 0.3) is 5.91 Å². The molecule has 1 aromatic rings. The maximum absolute atomic E-state index is 11.7. The molecule has 1 aliphatic rings. The van der Waals surface area contributed by atoms with Crippen molar-refractivity contribution in [1.82, 2.24) is 20.9 Å². The van der Waals surface area contributed by atoms with Gasteiger partial charge in [-0.2, -0.15) is 0 Å². The molecule has 1 unspecified atom stereocenters. The van der Waals surface area contributed by atoms with Crippen molar-refractivity contribution in [2.24, 2.45) is 0 Å². The van der Waals surface area contributed by atoms with Gasteiger partial charge in [-0.15, -0.1) is 0 Å². The largest absolute Gasteiger partial charge is 0.351 e. The maximum Gasteiger partial charge on any atom is 0.270 e. The summed E-state index contributed by atoms with van der Waals surface area (Å²) < 4.78 is 0. The van der Waals surface area contributed by atoms with Gasteiger partial charge in [-0.25, -0.2) is 0 Å². The van der Waals surface area contributed by atoms with Crippen LogP contribution in [0.15, 0.2) is 24.4 Å². The first-order valence-electron chi connectivity index (χ1n) is 6.45. The Kier molecular flexibility index (Phi) is 4.85. The molecule has 6 heteroatoms. The van der Waals surface area contributed by atoms with E-state index < -0.39 is 0 Å². The van der Waals surface area contributed by atoms with Crippen molar-refractivity contribution < 1.29 is 9.59 Å². The molecule has 0 aliphatic carbocycles. The Morgan fingerprint density at radius 3 is 3.00 bits per heavy atom. The average Bonchev–Trinajstić information content (AvgIpc) is 2.47. The quantitative estimate of drug-likeness (QED) is 0.694. The van der Waals surface area contributed by atoms with Crippen molar-refractivity contribution >= 4 is 11.8 Å². The van der Waals surface area contributed by atoms with Gasteiger partial charge >= 0.3 is 0 Å². The van der Waals surface area contributed by atoms with Crippen molar-refractivity contribution in [3.05, 3.63) is 30.1 Å². The van der Waals surface area contributed by atoms with Gasteiger partial charge in [0.1, 0.15) is 5.69 Å². The van der Waals surface area contributed by atoms with E-state index in [0.717, 1.165) is 25.9 Å². The molecule has 6 nitrogen and oxygen atoms in total. The number of aromatic nitrogens is 1. The zero-order valence-corrected chi connectivity index (χ0v) is 10.7. The lowest BCUT2D eigenvalue weighted by Crippen LogP contribution is -2.48. The number of carbonyl (C=O) groups excluding carboxylic acids is 2. The Labute approximate surface area is 112 Å². The number of piperidine rings is 1. The molecule has 3 N–H and O–H groups in total. The lowest BCUT2D eigenvalue weighted by atomic mass is 10.1. The van der Waals surface area contributed by atoms with E-state index in [9.17, 15) is 9.59 Å². The van der Waals surface area contributed by atoms with Crippen molar-refractivity contribution in [1.29, 1.82) is 0 Å². The minimum Gasteiger partial charge on any atom is -0.351 e. The number of nitrogens with one attached hydrogen (secondary N) is 3. The molecule has 0 radical (unpaired) electrons. The van der Waals surface area contributed by atoms with Crippen LogP contribution >= 0.6 is 0 Å². The zero-order valence-electron chi connectivity index (χ0n) is 10.7. The summed E-state index contributed by atoms with van der Waals surface area (Å²) in [7, 11) is 0. The Balaban J connectivity index is 1.72. The van der Waals surface area contributed by atoms with Gasteiger partial charge in [0.2, 0.25) is 5.91 Å². The number of hydrogen-bond donors (Lipinski definition) is 3. The van der Waals surface area contributed by atoms with Crippen molar-refractivity contribution in [3.8, 4) is 0 Å². The molecular formula is C13H18N4O2. The van der Waals surface area contributed by atoms with Crippen LogP contribution in [0, 0.1) is 0 Å². The number of amides is 2. The second-order valence-electron chi connectivity index (χ2n) is 4.51. The van der Waals surface area contributed by atoms with E-state index in [1.54, 1.807) is 24.4 Å². The average molecular weight is 262 g/mol. The normalized spacial score (nSPS) is 18.6. The van der Waals surface area contributed by atoms with Gasteiger partial charge in [-0.05, 0) is 31.5 Å². The van der Waals surface area contributed by atoms with Crippen LogP contribution in [-0.2, 0) is 4.79 Å². The van der Waals surface area contributed by atoms with Gasteiger partial charge in [0, 0.05) is 18.8 Å². The molecule has 1 fully saturated rings. The highest BCUT2D eigenvalue weighted by Crippen LogP contribution is 2.00. The molecule has 1 aliphatic heterocycles. The van der Waals surface area contributed by atoms with Gasteiger partial charge in [-0.3, -0.25) is 14.6 Å². The van der Waals surface area contributed by atoms with Crippen molar-refractivity contribution in [2.75, 3.05) is 19.6 Å². The monoisotopic (exact) mass is 262 g/mol. The SMILES string of the molecule is O=C(CNC(=O)c1ccccn1)NC1CCCNC1. The molecule has 1 aromatic heterocycles. The summed E-state index contributed by atoms with van der Waals surface area (Å²) in [4.78, 5) is 27.3. The fourth-order valence-electron chi connectivity index (χ4n) is 2.00. The van der Waals surface area contributed by atoms with E-state index in [1.165, 1.54) is 0 Å². The minimum absolute atomic E-state index is 0.0219. The number of pyridine rings is 1.